The lowest BCUT2D eigenvalue weighted by atomic mass is 10.3. The summed E-state index contributed by atoms with van der Waals surface area (Å²) in [5.74, 6) is 0.622. The molecule has 138 valence electrons. The molecule has 1 fully saturated rings. The maximum absolute atomic E-state index is 12.0. The molecule has 0 bridgehead atoms. The number of nitrogens with zero attached hydrogens (tertiary/aromatic N) is 1. The monoisotopic (exact) mass is 369 g/mol. The molecule has 1 aliphatic heterocycles. The van der Waals surface area contributed by atoms with E-state index < -0.39 is 16.1 Å². The Hall–Kier alpha value is -2.10. The second-order valence-corrected chi connectivity index (χ2v) is 7.56. The van der Waals surface area contributed by atoms with Crippen molar-refractivity contribution in [3.63, 3.8) is 0 Å². The number of carbonyl (C=O) groups excluding carboxylic acids is 1. The molecule has 0 spiro atoms. The minimum Gasteiger partial charge on any atom is -0.489 e. The first kappa shape index (κ1) is 19.2. The molecule has 1 atom stereocenters. The highest BCUT2D eigenvalue weighted by Crippen LogP contribution is 2.17. The summed E-state index contributed by atoms with van der Waals surface area (Å²) in [6.45, 7) is 5.04. The summed E-state index contributed by atoms with van der Waals surface area (Å²) in [4.78, 5) is 12.0. The second-order valence-electron chi connectivity index (χ2n) is 5.58. The van der Waals surface area contributed by atoms with Crippen molar-refractivity contribution >= 4 is 21.7 Å². The van der Waals surface area contributed by atoms with Crippen LogP contribution in [0.5, 0.6) is 5.75 Å². The summed E-state index contributed by atoms with van der Waals surface area (Å²) in [5.41, 5.74) is 0.585. The van der Waals surface area contributed by atoms with E-state index in [0.717, 1.165) is 6.26 Å². The van der Waals surface area contributed by atoms with Gasteiger partial charge in [-0.05, 0) is 12.1 Å². The van der Waals surface area contributed by atoms with Crippen LogP contribution in [0, 0.1) is 0 Å². The summed E-state index contributed by atoms with van der Waals surface area (Å²) >= 11 is 0. The van der Waals surface area contributed by atoms with Gasteiger partial charge in [0.2, 0.25) is 10.0 Å². The predicted octanol–water partition coefficient (Wildman–Crippen LogP) is 1.03. The van der Waals surface area contributed by atoms with Gasteiger partial charge in [-0.25, -0.2) is 13.2 Å². The molecule has 0 saturated carbocycles. The van der Waals surface area contributed by atoms with Crippen LogP contribution < -0.4 is 15.4 Å². The molecule has 1 aliphatic rings. The second kappa shape index (κ2) is 8.84. The van der Waals surface area contributed by atoms with E-state index in [1.807, 2.05) is 0 Å². The van der Waals surface area contributed by atoms with Crippen LogP contribution in [0.25, 0.3) is 0 Å². The summed E-state index contributed by atoms with van der Waals surface area (Å²) in [7, 11) is -3.25. The number of hydrogen-bond acceptors (Lipinski definition) is 5. The number of urea groups is 1. The first-order chi connectivity index (χ1) is 11.9. The highest BCUT2D eigenvalue weighted by Gasteiger charge is 2.26. The van der Waals surface area contributed by atoms with Crippen molar-refractivity contribution < 1.29 is 22.7 Å². The summed E-state index contributed by atoms with van der Waals surface area (Å²) in [5, 5.41) is 5.38. The maximum atomic E-state index is 12.0. The van der Waals surface area contributed by atoms with E-state index >= 15 is 0 Å². The van der Waals surface area contributed by atoms with Crippen LogP contribution in [0.4, 0.5) is 10.5 Å². The van der Waals surface area contributed by atoms with E-state index in [9.17, 15) is 13.2 Å². The minimum absolute atomic E-state index is 0.213. The normalized spacial score (nSPS) is 18.4. The van der Waals surface area contributed by atoms with Crippen molar-refractivity contribution in [2.75, 3.05) is 44.4 Å². The zero-order valence-electron chi connectivity index (χ0n) is 14.1. The van der Waals surface area contributed by atoms with Crippen molar-refractivity contribution in [3.8, 4) is 5.75 Å². The molecule has 1 heterocycles. The highest BCUT2D eigenvalue weighted by atomic mass is 32.2. The summed E-state index contributed by atoms with van der Waals surface area (Å²) < 4.78 is 35.4. The molecule has 2 N–H and O–H groups in total. The molecular weight excluding hydrogens is 346 g/mol. The molecule has 2 amide bonds. The molecule has 0 aliphatic carbocycles. The quantitative estimate of drug-likeness (QED) is 0.700. The van der Waals surface area contributed by atoms with Gasteiger partial charge in [-0.1, -0.05) is 18.7 Å². The van der Waals surface area contributed by atoms with Crippen LogP contribution in [0.2, 0.25) is 0 Å². The number of nitrogens with one attached hydrogen (secondary N) is 2. The topological polar surface area (TPSA) is 97.0 Å². The van der Waals surface area contributed by atoms with Crippen LogP contribution in [0.3, 0.4) is 0 Å². The molecule has 0 radical (unpaired) electrons. The van der Waals surface area contributed by atoms with Gasteiger partial charge in [-0.15, -0.1) is 0 Å². The fourth-order valence-electron chi connectivity index (χ4n) is 2.32. The van der Waals surface area contributed by atoms with Gasteiger partial charge in [0.15, 0.2) is 0 Å². The lowest BCUT2D eigenvalue weighted by molar-refractivity contribution is 0.00167. The number of anilines is 1. The standard InChI is InChI=1S/C16H23N3O5S/c1-3-8-23-14-6-4-5-13(10-14)18-16(20)17-11-15-12-19(7-9-24-15)25(2,21)22/h3-6,10,15H,1,7-9,11-12H2,2H3,(H2,17,18,20). The van der Waals surface area contributed by atoms with Gasteiger partial charge in [0.25, 0.3) is 0 Å². The third-order valence-electron chi connectivity index (χ3n) is 3.52. The van der Waals surface area contributed by atoms with Gasteiger partial charge >= 0.3 is 6.03 Å². The average Bonchev–Trinajstić information content (AvgIpc) is 2.58. The van der Waals surface area contributed by atoms with Gasteiger partial charge in [-0.3, -0.25) is 0 Å². The van der Waals surface area contributed by atoms with Crippen LogP contribution >= 0.6 is 0 Å². The van der Waals surface area contributed by atoms with Crippen molar-refractivity contribution in [2.24, 2.45) is 0 Å². The predicted molar refractivity (Wildman–Crippen MR) is 95.3 cm³/mol. The number of hydrogen-bond donors (Lipinski definition) is 2. The van der Waals surface area contributed by atoms with E-state index in [1.165, 1.54) is 4.31 Å². The SMILES string of the molecule is C=CCOc1cccc(NC(=O)NCC2CN(S(C)(=O)=O)CCO2)c1. The Morgan fingerprint density at radius 3 is 3.04 bits per heavy atom. The van der Waals surface area contributed by atoms with Gasteiger partial charge in [0.1, 0.15) is 12.4 Å². The first-order valence-electron chi connectivity index (χ1n) is 7.84. The van der Waals surface area contributed by atoms with Crippen LogP contribution in [-0.2, 0) is 14.8 Å². The van der Waals surface area contributed by atoms with E-state index in [-0.39, 0.29) is 19.2 Å². The Morgan fingerprint density at radius 2 is 2.32 bits per heavy atom. The van der Waals surface area contributed by atoms with Gasteiger partial charge in [0.05, 0.1) is 19.0 Å². The summed E-state index contributed by atoms with van der Waals surface area (Å²) in [6.07, 6.45) is 2.42. The maximum Gasteiger partial charge on any atom is 0.319 e. The zero-order chi connectivity index (χ0) is 18.3. The molecule has 8 nitrogen and oxygen atoms in total. The van der Waals surface area contributed by atoms with Gasteiger partial charge < -0.3 is 20.1 Å². The highest BCUT2D eigenvalue weighted by molar-refractivity contribution is 7.88. The first-order valence-corrected chi connectivity index (χ1v) is 9.68. The van der Waals surface area contributed by atoms with Crippen molar-refractivity contribution in [1.29, 1.82) is 0 Å². The molecule has 1 unspecified atom stereocenters. The number of ether oxygens (including phenoxy) is 2. The smallest absolute Gasteiger partial charge is 0.319 e. The fraction of sp³-hybridized carbons (Fsp3) is 0.438. The Kier molecular flexibility index (Phi) is 6.80. The van der Waals surface area contributed by atoms with E-state index in [4.69, 9.17) is 9.47 Å². The zero-order valence-corrected chi connectivity index (χ0v) is 14.9. The molecule has 1 aromatic rings. The minimum atomic E-state index is -3.25. The van der Waals surface area contributed by atoms with Crippen LogP contribution in [0.15, 0.2) is 36.9 Å². The Morgan fingerprint density at radius 1 is 1.52 bits per heavy atom. The molecule has 2 rings (SSSR count). The number of sulfonamides is 1. The lowest BCUT2D eigenvalue weighted by Crippen LogP contribution is -2.49. The van der Waals surface area contributed by atoms with E-state index in [1.54, 1.807) is 30.3 Å². The third-order valence-corrected chi connectivity index (χ3v) is 4.79. The molecule has 1 aromatic carbocycles. The van der Waals surface area contributed by atoms with E-state index in [0.29, 0.717) is 31.2 Å². The van der Waals surface area contributed by atoms with Crippen molar-refractivity contribution in [1.82, 2.24) is 9.62 Å². The Balaban J connectivity index is 1.81. The number of carbonyl (C=O) groups is 1. The molecular formula is C16H23N3O5S. The van der Waals surface area contributed by atoms with Gasteiger partial charge in [-0.2, -0.15) is 4.31 Å². The average molecular weight is 369 g/mol. The lowest BCUT2D eigenvalue weighted by Gasteiger charge is -2.31. The number of rotatable bonds is 7. The van der Waals surface area contributed by atoms with Gasteiger partial charge in [0, 0.05) is 31.4 Å². The van der Waals surface area contributed by atoms with Crippen molar-refractivity contribution in [3.05, 3.63) is 36.9 Å². The molecule has 1 saturated heterocycles. The third kappa shape index (κ3) is 6.37. The number of morpholine rings is 1. The largest absolute Gasteiger partial charge is 0.489 e. The van der Waals surface area contributed by atoms with Crippen LogP contribution in [-0.4, -0.2) is 64.0 Å². The molecule has 0 aromatic heterocycles. The fourth-order valence-corrected chi connectivity index (χ4v) is 3.16. The Bertz CT molecular complexity index is 707. The Labute approximate surface area is 147 Å². The summed E-state index contributed by atoms with van der Waals surface area (Å²) in [6, 6.07) is 6.58. The van der Waals surface area contributed by atoms with Crippen molar-refractivity contribution in [2.45, 2.75) is 6.10 Å². The van der Waals surface area contributed by atoms with Crippen LogP contribution in [0.1, 0.15) is 0 Å². The molecule has 9 heteroatoms. The van der Waals surface area contributed by atoms with E-state index in [2.05, 4.69) is 17.2 Å². The number of amides is 2. The number of benzene rings is 1. The molecule has 25 heavy (non-hydrogen) atoms.